The Labute approximate surface area is 204 Å². The van der Waals surface area contributed by atoms with E-state index in [1.165, 1.54) is 5.56 Å². The Morgan fingerprint density at radius 1 is 1.03 bits per heavy atom. The first-order chi connectivity index (χ1) is 16.2. The molecule has 3 saturated heterocycles. The highest BCUT2D eigenvalue weighted by Gasteiger charge is 2.59. The number of aliphatic hydroxyl groups excluding tert-OH is 1. The van der Waals surface area contributed by atoms with Gasteiger partial charge in [-0.3, -0.25) is 4.84 Å². The summed E-state index contributed by atoms with van der Waals surface area (Å²) in [5, 5.41) is 12.0. The molecular weight excluding hydrogens is 434 g/mol. The molecule has 1 spiro atoms. The molecule has 3 aliphatic rings. The van der Waals surface area contributed by atoms with Gasteiger partial charge in [-0.1, -0.05) is 32.9 Å². The summed E-state index contributed by atoms with van der Waals surface area (Å²) in [6.07, 6.45) is 4.45. The summed E-state index contributed by atoms with van der Waals surface area (Å²) in [4.78, 5) is 6.55. The molecule has 3 fully saturated rings. The third-order valence-electron chi connectivity index (χ3n) is 7.72. The molecule has 192 valence electrons. The molecule has 7 nitrogen and oxygen atoms in total. The number of aliphatic hydroxyl groups is 1. The van der Waals surface area contributed by atoms with Crippen LogP contribution < -0.4 is 4.74 Å². The van der Waals surface area contributed by atoms with Gasteiger partial charge in [0.2, 0.25) is 0 Å². The summed E-state index contributed by atoms with van der Waals surface area (Å²) in [5.74, 6) is 0.245. The Kier molecular flexibility index (Phi) is 7.63. The highest BCUT2D eigenvalue weighted by Crippen LogP contribution is 2.51. The number of hydroxylamine groups is 2. The molecule has 1 aromatic carbocycles. The van der Waals surface area contributed by atoms with Crippen molar-refractivity contribution in [3.63, 3.8) is 0 Å². The van der Waals surface area contributed by atoms with Gasteiger partial charge < -0.3 is 24.1 Å². The first kappa shape index (κ1) is 25.9. The van der Waals surface area contributed by atoms with Gasteiger partial charge in [-0.25, -0.2) is 0 Å². The van der Waals surface area contributed by atoms with E-state index in [9.17, 15) is 5.11 Å². The van der Waals surface area contributed by atoms with E-state index in [1.807, 2.05) is 19.1 Å². The van der Waals surface area contributed by atoms with Gasteiger partial charge in [-0.15, -0.1) is 0 Å². The van der Waals surface area contributed by atoms with Crippen molar-refractivity contribution < 1.29 is 28.9 Å². The molecule has 1 atom stereocenters. The second-order valence-electron chi connectivity index (χ2n) is 11.3. The minimum Gasteiger partial charge on any atom is -0.491 e. The lowest BCUT2D eigenvalue weighted by atomic mass is 9.72. The van der Waals surface area contributed by atoms with E-state index in [0.717, 1.165) is 44.5 Å². The smallest absolute Gasteiger partial charge is 0.172 e. The Balaban J connectivity index is 1.38. The van der Waals surface area contributed by atoms with Crippen LogP contribution in [0.25, 0.3) is 0 Å². The third-order valence-corrected chi connectivity index (χ3v) is 7.72. The lowest BCUT2D eigenvalue weighted by Crippen LogP contribution is -2.69. The zero-order valence-corrected chi connectivity index (χ0v) is 21.6. The standard InChI is InChI=1S/C27H43NO6/c1-6-26(7-2)17-27(32-19-25(5,18-29)20-33-27)16-24(3,4)28(26)34-13-12-21-8-10-22(11-9-21)30-14-23-15-31-23/h8-11,23,29H,6-7,12-20H2,1-5H3. The van der Waals surface area contributed by atoms with E-state index in [-0.39, 0.29) is 29.2 Å². The number of piperidine rings is 1. The van der Waals surface area contributed by atoms with Crippen molar-refractivity contribution in [3.8, 4) is 5.75 Å². The maximum Gasteiger partial charge on any atom is 0.172 e. The molecule has 4 rings (SSSR count). The molecule has 1 N–H and O–H groups in total. The maximum absolute atomic E-state index is 9.73. The van der Waals surface area contributed by atoms with Gasteiger partial charge in [0, 0.05) is 23.8 Å². The second-order valence-corrected chi connectivity index (χ2v) is 11.3. The zero-order chi connectivity index (χ0) is 24.5. The summed E-state index contributed by atoms with van der Waals surface area (Å²) < 4.78 is 23.7. The van der Waals surface area contributed by atoms with Crippen LogP contribution in [-0.2, 0) is 25.5 Å². The number of ether oxygens (including phenoxy) is 4. The van der Waals surface area contributed by atoms with Crippen LogP contribution in [-0.4, -0.2) is 72.8 Å². The Hall–Kier alpha value is -1.22. The highest BCUT2D eigenvalue weighted by molar-refractivity contribution is 5.27. The third kappa shape index (κ3) is 5.61. The predicted octanol–water partition coefficient (Wildman–Crippen LogP) is 4.11. The molecule has 0 aliphatic carbocycles. The minimum atomic E-state index is -0.634. The minimum absolute atomic E-state index is 0.0659. The molecule has 0 amide bonds. The Morgan fingerprint density at radius 3 is 2.24 bits per heavy atom. The summed E-state index contributed by atoms with van der Waals surface area (Å²) in [6, 6.07) is 8.26. The van der Waals surface area contributed by atoms with Gasteiger partial charge in [0.05, 0.1) is 38.6 Å². The molecule has 0 radical (unpaired) electrons. The molecule has 7 heteroatoms. The average molecular weight is 478 g/mol. The first-order valence-corrected chi connectivity index (χ1v) is 12.8. The number of hydrogen-bond acceptors (Lipinski definition) is 7. The molecule has 1 unspecified atom stereocenters. The SMILES string of the molecule is CCC1(CC)CC2(CC(C)(C)N1OCCc1ccc(OCC3CO3)cc1)OCC(C)(CO)CO2. The molecular formula is C27H43NO6. The van der Waals surface area contributed by atoms with E-state index in [0.29, 0.717) is 26.4 Å². The average Bonchev–Trinajstić information content (AvgIpc) is 3.66. The molecule has 34 heavy (non-hydrogen) atoms. The van der Waals surface area contributed by atoms with Crippen molar-refractivity contribution in [1.29, 1.82) is 0 Å². The van der Waals surface area contributed by atoms with Crippen molar-refractivity contribution >= 4 is 0 Å². The summed E-state index contributed by atoms with van der Waals surface area (Å²) in [7, 11) is 0. The number of epoxide rings is 1. The molecule has 1 aromatic rings. The topological polar surface area (TPSA) is 72.9 Å². The Morgan fingerprint density at radius 2 is 1.68 bits per heavy atom. The fourth-order valence-corrected chi connectivity index (χ4v) is 5.46. The summed E-state index contributed by atoms with van der Waals surface area (Å²) in [6.45, 7) is 14.0. The van der Waals surface area contributed by atoms with Crippen molar-refractivity contribution in [2.75, 3.05) is 39.6 Å². The Bertz CT molecular complexity index is 794. The quantitative estimate of drug-likeness (QED) is 0.508. The molecule has 3 aliphatic heterocycles. The lowest BCUT2D eigenvalue weighted by Gasteiger charge is -2.61. The van der Waals surface area contributed by atoms with Gasteiger partial charge in [0.25, 0.3) is 0 Å². The van der Waals surface area contributed by atoms with Crippen LogP contribution in [0.4, 0.5) is 0 Å². The number of rotatable bonds is 10. The number of nitrogens with zero attached hydrogens (tertiary/aromatic N) is 1. The van der Waals surface area contributed by atoms with Crippen LogP contribution in [0.5, 0.6) is 5.75 Å². The van der Waals surface area contributed by atoms with Gasteiger partial charge in [0.15, 0.2) is 5.79 Å². The van der Waals surface area contributed by atoms with E-state index >= 15 is 0 Å². The summed E-state index contributed by atoms with van der Waals surface area (Å²) >= 11 is 0. The largest absolute Gasteiger partial charge is 0.491 e. The van der Waals surface area contributed by atoms with Gasteiger partial charge >= 0.3 is 0 Å². The zero-order valence-electron chi connectivity index (χ0n) is 21.6. The van der Waals surface area contributed by atoms with E-state index in [2.05, 4.69) is 44.9 Å². The normalized spacial score (nSPS) is 32.6. The highest BCUT2D eigenvalue weighted by atomic mass is 16.7. The molecule has 0 aromatic heterocycles. The van der Waals surface area contributed by atoms with Gasteiger partial charge in [0.1, 0.15) is 18.5 Å². The number of benzene rings is 1. The van der Waals surface area contributed by atoms with Crippen LogP contribution in [0, 0.1) is 5.41 Å². The predicted molar refractivity (Wildman–Crippen MR) is 130 cm³/mol. The van der Waals surface area contributed by atoms with E-state index in [4.69, 9.17) is 23.8 Å². The molecule has 0 saturated carbocycles. The maximum atomic E-state index is 9.73. The van der Waals surface area contributed by atoms with Crippen molar-refractivity contribution in [2.45, 2.75) is 89.7 Å². The summed E-state index contributed by atoms with van der Waals surface area (Å²) in [5.41, 5.74) is 0.440. The van der Waals surface area contributed by atoms with E-state index in [1.54, 1.807) is 0 Å². The molecule has 0 bridgehead atoms. The fraction of sp³-hybridized carbons (Fsp3) is 0.778. The van der Waals surface area contributed by atoms with Crippen LogP contribution in [0.2, 0.25) is 0 Å². The van der Waals surface area contributed by atoms with Crippen molar-refractivity contribution in [3.05, 3.63) is 29.8 Å². The first-order valence-electron chi connectivity index (χ1n) is 12.8. The second kappa shape index (κ2) is 10.0. The van der Waals surface area contributed by atoms with Crippen LogP contribution in [0.15, 0.2) is 24.3 Å². The van der Waals surface area contributed by atoms with Crippen molar-refractivity contribution in [1.82, 2.24) is 5.06 Å². The van der Waals surface area contributed by atoms with Gasteiger partial charge in [-0.2, -0.15) is 5.06 Å². The monoisotopic (exact) mass is 477 g/mol. The van der Waals surface area contributed by atoms with Crippen LogP contribution in [0.3, 0.4) is 0 Å². The fourth-order valence-electron chi connectivity index (χ4n) is 5.46. The van der Waals surface area contributed by atoms with Crippen LogP contribution >= 0.6 is 0 Å². The lowest BCUT2D eigenvalue weighted by molar-refractivity contribution is -0.388. The van der Waals surface area contributed by atoms with E-state index < -0.39 is 5.79 Å². The van der Waals surface area contributed by atoms with Crippen molar-refractivity contribution in [2.24, 2.45) is 5.41 Å². The van der Waals surface area contributed by atoms with Gasteiger partial charge in [-0.05, 0) is 50.8 Å². The van der Waals surface area contributed by atoms with Crippen LogP contribution in [0.1, 0.15) is 65.9 Å². The molecule has 3 heterocycles. The number of hydrogen-bond donors (Lipinski definition) is 1.